The van der Waals surface area contributed by atoms with Gasteiger partial charge >= 0.3 is 0 Å². The topological polar surface area (TPSA) is 0 Å². The molecule has 2 rings (SSSR count). The van der Waals surface area contributed by atoms with Crippen LogP contribution in [0.3, 0.4) is 0 Å². The molecule has 2 aliphatic carbocycles. The van der Waals surface area contributed by atoms with Gasteiger partial charge in [0, 0.05) is 32.7 Å². The summed E-state index contributed by atoms with van der Waals surface area (Å²) in [4.78, 5) is 0. The zero-order valence-electron chi connectivity index (χ0n) is 10.5. The number of hydrogen-bond donors (Lipinski definition) is 0. The first kappa shape index (κ1) is 16.1. The van der Waals surface area contributed by atoms with Crippen LogP contribution in [0.15, 0.2) is 0 Å². The van der Waals surface area contributed by atoms with Crippen LogP contribution in [0.2, 0.25) is 0 Å². The van der Waals surface area contributed by atoms with E-state index in [1.165, 1.54) is 51.4 Å². The van der Waals surface area contributed by atoms with Crippen molar-refractivity contribution < 1.29 is 32.7 Å². The molecule has 2 saturated carbocycles. The van der Waals surface area contributed by atoms with Gasteiger partial charge in [-0.15, -0.1) is 0 Å². The van der Waals surface area contributed by atoms with Crippen molar-refractivity contribution in [3.05, 3.63) is 12.8 Å². The van der Waals surface area contributed by atoms with Gasteiger partial charge in [0.2, 0.25) is 0 Å². The molecule has 2 fully saturated rings. The van der Waals surface area contributed by atoms with Gasteiger partial charge in [-0.05, 0) is 0 Å². The summed E-state index contributed by atoms with van der Waals surface area (Å²) >= 11 is 0. The van der Waals surface area contributed by atoms with Gasteiger partial charge in [-0.2, -0.15) is 25.7 Å². The maximum atomic E-state index is 2.41. The van der Waals surface area contributed by atoms with Crippen molar-refractivity contribution >= 4 is 0 Å². The first-order chi connectivity index (χ1) is 6.79. The summed E-state index contributed by atoms with van der Waals surface area (Å²) in [6.07, 6.45) is 16.0. The zero-order valence-corrected chi connectivity index (χ0v) is 13.4. The summed E-state index contributed by atoms with van der Waals surface area (Å²) in [6.45, 7) is 4.66. The third-order valence-corrected chi connectivity index (χ3v) is 3.35. The molecule has 2 atom stereocenters. The van der Waals surface area contributed by atoms with Crippen LogP contribution < -0.4 is 0 Å². The third-order valence-electron chi connectivity index (χ3n) is 3.35. The molecule has 0 nitrogen and oxygen atoms in total. The van der Waals surface area contributed by atoms with Crippen LogP contribution in [0.5, 0.6) is 0 Å². The first-order valence-corrected chi connectivity index (χ1v) is 6.42. The van der Waals surface area contributed by atoms with E-state index in [0.717, 1.165) is 11.8 Å². The average Bonchev–Trinajstić information content (AvgIpc) is 2.21. The Morgan fingerprint density at radius 3 is 1.33 bits per heavy atom. The molecule has 87 valence electrons. The van der Waals surface area contributed by atoms with Crippen molar-refractivity contribution in [2.24, 2.45) is 11.8 Å². The van der Waals surface area contributed by atoms with Crippen molar-refractivity contribution in [3.63, 3.8) is 0 Å². The molecule has 0 aromatic carbocycles. The molecule has 2 unspecified atom stereocenters. The summed E-state index contributed by atoms with van der Waals surface area (Å²) in [5.41, 5.74) is 0. The fraction of sp³-hybridized carbons (Fsp3) is 0.857. The van der Waals surface area contributed by atoms with Gasteiger partial charge in [-0.25, -0.2) is 0 Å². The van der Waals surface area contributed by atoms with Crippen molar-refractivity contribution in [2.45, 2.75) is 65.2 Å². The molecule has 0 bridgehead atoms. The summed E-state index contributed by atoms with van der Waals surface area (Å²) < 4.78 is 0. The van der Waals surface area contributed by atoms with E-state index in [0.29, 0.717) is 0 Å². The molecular formula is C14H26Y-2. The van der Waals surface area contributed by atoms with Crippen molar-refractivity contribution in [2.75, 3.05) is 0 Å². The van der Waals surface area contributed by atoms with Crippen molar-refractivity contribution in [1.29, 1.82) is 0 Å². The molecule has 0 N–H and O–H groups in total. The molecule has 15 heavy (non-hydrogen) atoms. The molecule has 0 spiro atoms. The Balaban J connectivity index is 0.000000245. The minimum absolute atomic E-state index is 0. The average molecular weight is 283 g/mol. The van der Waals surface area contributed by atoms with Crippen LogP contribution in [-0.2, 0) is 32.7 Å². The summed E-state index contributed by atoms with van der Waals surface area (Å²) in [5, 5.41) is 0. The monoisotopic (exact) mass is 283 g/mol. The maximum absolute atomic E-state index is 2.41. The molecule has 0 saturated heterocycles. The van der Waals surface area contributed by atoms with Gasteiger partial charge in [0.25, 0.3) is 0 Å². The SMILES string of the molecule is CC1C[CH-]CCC1.CC1C[CH-]CCC1.[Y]. The second-order valence-electron chi connectivity index (χ2n) is 5.12. The fourth-order valence-corrected chi connectivity index (χ4v) is 2.26. The first-order valence-electron chi connectivity index (χ1n) is 6.42. The van der Waals surface area contributed by atoms with Gasteiger partial charge in [0.1, 0.15) is 0 Å². The Labute approximate surface area is 122 Å². The molecule has 1 radical (unpaired) electrons. The van der Waals surface area contributed by atoms with E-state index in [4.69, 9.17) is 0 Å². The van der Waals surface area contributed by atoms with Gasteiger partial charge in [0.05, 0.1) is 0 Å². The summed E-state index contributed by atoms with van der Waals surface area (Å²) in [7, 11) is 0. The van der Waals surface area contributed by atoms with E-state index in [9.17, 15) is 0 Å². The second-order valence-corrected chi connectivity index (χ2v) is 5.12. The van der Waals surface area contributed by atoms with Gasteiger partial charge in [0.15, 0.2) is 0 Å². The molecular weight excluding hydrogens is 257 g/mol. The zero-order chi connectivity index (χ0) is 10.2. The molecule has 0 amide bonds. The molecule has 0 aromatic rings. The predicted molar refractivity (Wildman–Crippen MR) is 63.9 cm³/mol. The predicted octanol–water partition coefficient (Wildman–Crippen LogP) is 4.80. The Morgan fingerprint density at radius 2 is 1.20 bits per heavy atom. The van der Waals surface area contributed by atoms with E-state index in [1.807, 2.05) is 0 Å². The Bertz CT molecular complexity index is 105. The van der Waals surface area contributed by atoms with Crippen LogP contribution in [-0.4, -0.2) is 0 Å². The molecule has 1 heteroatoms. The molecule has 0 aliphatic heterocycles. The summed E-state index contributed by atoms with van der Waals surface area (Å²) in [5.74, 6) is 1.96. The van der Waals surface area contributed by atoms with E-state index < -0.39 is 0 Å². The van der Waals surface area contributed by atoms with Crippen LogP contribution >= 0.6 is 0 Å². The van der Waals surface area contributed by atoms with Gasteiger partial charge in [-0.1, -0.05) is 51.4 Å². The van der Waals surface area contributed by atoms with E-state index in [2.05, 4.69) is 26.7 Å². The normalized spacial score (nSPS) is 30.8. The van der Waals surface area contributed by atoms with Crippen LogP contribution in [0.4, 0.5) is 0 Å². The third kappa shape index (κ3) is 8.87. The van der Waals surface area contributed by atoms with E-state index in [1.54, 1.807) is 0 Å². The fourth-order valence-electron chi connectivity index (χ4n) is 2.26. The largest absolute Gasteiger partial charge is 0.328 e. The van der Waals surface area contributed by atoms with E-state index in [-0.39, 0.29) is 32.7 Å². The summed E-state index contributed by atoms with van der Waals surface area (Å²) in [6, 6.07) is 0. The number of rotatable bonds is 0. The quantitative estimate of drug-likeness (QED) is 0.560. The molecule has 0 aromatic heterocycles. The maximum Gasteiger partial charge on any atom is 0 e. The minimum Gasteiger partial charge on any atom is -0.328 e. The van der Waals surface area contributed by atoms with E-state index >= 15 is 0 Å². The van der Waals surface area contributed by atoms with Gasteiger partial charge in [-0.3, -0.25) is 0 Å². The minimum atomic E-state index is 0. The number of hydrogen-bond acceptors (Lipinski definition) is 0. The standard InChI is InChI=1S/2C7H13.Y/c2*1-7-5-3-2-4-6-7;/h2*3,7H,2,4-6H2,1H3;/q2*-1;. The second kappa shape index (κ2) is 10.3. The smallest absolute Gasteiger partial charge is 0 e. The van der Waals surface area contributed by atoms with Crippen molar-refractivity contribution in [1.82, 2.24) is 0 Å². The Kier molecular flexibility index (Phi) is 11.0. The van der Waals surface area contributed by atoms with Crippen molar-refractivity contribution in [3.8, 4) is 0 Å². The van der Waals surface area contributed by atoms with Crippen LogP contribution in [0.25, 0.3) is 0 Å². The Morgan fingerprint density at radius 1 is 0.800 bits per heavy atom. The van der Waals surface area contributed by atoms with Crippen LogP contribution in [0.1, 0.15) is 65.2 Å². The molecule has 2 aliphatic rings. The molecule has 0 heterocycles. The van der Waals surface area contributed by atoms with Crippen LogP contribution in [0, 0.1) is 24.7 Å². The van der Waals surface area contributed by atoms with Gasteiger partial charge < -0.3 is 12.8 Å². The Hall–Kier alpha value is 1.10.